The summed E-state index contributed by atoms with van der Waals surface area (Å²) in [7, 11) is 0. The minimum absolute atomic E-state index is 0.154. The molecular formula is C24H21FN2O2S. The zero-order valence-corrected chi connectivity index (χ0v) is 17.2. The largest absolute Gasteiger partial charge is 0.323 e. The van der Waals surface area contributed by atoms with E-state index in [1.165, 1.54) is 30.0 Å². The molecule has 6 heteroatoms. The fraction of sp³-hybridized carbons (Fsp3) is 0.0833. The summed E-state index contributed by atoms with van der Waals surface area (Å²) in [5.41, 5.74) is 1.72. The van der Waals surface area contributed by atoms with E-state index in [9.17, 15) is 14.0 Å². The molecule has 0 aromatic heterocycles. The summed E-state index contributed by atoms with van der Waals surface area (Å²) in [5, 5.41) is 4.96. The Balaban J connectivity index is 1.58. The van der Waals surface area contributed by atoms with E-state index >= 15 is 0 Å². The number of amides is 2. The molecule has 2 N–H and O–H groups in total. The van der Waals surface area contributed by atoms with Gasteiger partial charge in [-0.3, -0.25) is 9.59 Å². The Kier molecular flexibility index (Phi) is 7.40. The van der Waals surface area contributed by atoms with Gasteiger partial charge in [0.05, 0.1) is 10.9 Å². The molecular weight excluding hydrogens is 399 g/mol. The highest BCUT2D eigenvalue weighted by molar-refractivity contribution is 8.00. The molecule has 0 bridgehead atoms. The third-order valence-corrected chi connectivity index (χ3v) is 5.24. The average molecular weight is 421 g/mol. The van der Waals surface area contributed by atoms with E-state index in [2.05, 4.69) is 10.6 Å². The number of benzene rings is 3. The maximum Gasteiger partial charge on any atom is 0.248 e. The second-order valence-corrected chi connectivity index (χ2v) is 7.90. The van der Waals surface area contributed by atoms with Crippen LogP contribution in [0.1, 0.15) is 12.5 Å². The van der Waals surface area contributed by atoms with Crippen LogP contribution < -0.4 is 10.6 Å². The molecule has 4 nitrogen and oxygen atoms in total. The third kappa shape index (κ3) is 6.32. The minimum Gasteiger partial charge on any atom is -0.323 e. The van der Waals surface area contributed by atoms with Crippen molar-refractivity contribution in [3.05, 3.63) is 96.3 Å². The van der Waals surface area contributed by atoms with Crippen LogP contribution in [0.2, 0.25) is 0 Å². The molecule has 0 fully saturated rings. The molecule has 1 unspecified atom stereocenters. The number of thioether (sulfide) groups is 1. The summed E-state index contributed by atoms with van der Waals surface area (Å²) in [6, 6.07) is 22.8. The summed E-state index contributed by atoms with van der Waals surface area (Å²) in [5.74, 6) is -1.02. The Labute approximate surface area is 179 Å². The molecule has 0 aliphatic rings. The molecule has 3 aromatic carbocycles. The van der Waals surface area contributed by atoms with Gasteiger partial charge in [-0.1, -0.05) is 48.5 Å². The lowest BCUT2D eigenvalue weighted by molar-refractivity contribution is -0.115. The molecule has 2 amide bonds. The molecule has 3 rings (SSSR count). The zero-order chi connectivity index (χ0) is 21.3. The van der Waals surface area contributed by atoms with Crippen LogP contribution in [0.4, 0.5) is 15.8 Å². The maximum absolute atomic E-state index is 13.7. The normalized spacial score (nSPS) is 11.8. The van der Waals surface area contributed by atoms with Gasteiger partial charge in [-0.05, 0) is 48.9 Å². The SMILES string of the molecule is CC(Sc1cccc(NC(=O)/C=C/c2ccccc2)c1)C(=O)Nc1ccccc1F. The van der Waals surface area contributed by atoms with E-state index in [1.54, 1.807) is 43.3 Å². The lowest BCUT2D eigenvalue weighted by Crippen LogP contribution is -2.22. The van der Waals surface area contributed by atoms with E-state index in [0.717, 1.165) is 10.5 Å². The van der Waals surface area contributed by atoms with Crippen LogP contribution in [0.25, 0.3) is 6.08 Å². The van der Waals surface area contributed by atoms with E-state index in [1.807, 2.05) is 36.4 Å². The molecule has 0 spiro atoms. The van der Waals surface area contributed by atoms with Crippen LogP contribution in [-0.4, -0.2) is 17.1 Å². The van der Waals surface area contributed by atoms with E-state index in [-0.39, 0.29) is 17.5 Å². The molecule has 0 saturated heterocycles. The first-order valence-electron chi connectivity index (χ1n) is 9.37. The van der Waals surface area contributed by atoms with Gasteiger partial charge < -0.3 is 10.6 Å². The van der Waals surface area contributed by atoms with Gasteiger partial charge in [-0.2, -0.15) is 0 Å². The molecule has 0 aliphatic carbocycles. The summed E-state index contributed by atoms with van der Waals surface area (Å²) < 4.78 is 13.7. The Morgan fingerprint density at radius 2 is 1.67 bits per heavy atom. The van der Waals surface area contributed by atoms with E-state index in [4.69, 9.17) is 0 Å². The van der Waals surface area contributed by atoms with Crippen molar-refractivity contribution in [3.8, 4) is 0 Å². The Morgan fingerprint density at radius 3 is 2.43 bits per heavy atom. The van der Waals surface area contributed by atoms with Crippen molar-refractivity contribution in [1.29, 1.82) is 0 Å². The summed E-state index contributed by atoms with van der Waals surface area (Å²) in [4.78, 5) is 25.3. The fourth-order valence-electron chi connectivity index (χ4n) is 2.62. The molecule has 1 atom stereocenters. The number of hydrogen-bond donors (Lipinski definition) is 2. The van der Waals surface area contributed by atoms with Gasteiger partial charge in [-0.15, -0.1) is 11.8 Å². The summed E-state index contributed by atoms with van der Waals surface area (Å²) >= 11 is 1.32. The number of carbonyl (C=O) groups is 2. The highest BCUT2D eigenvalue weighted by Crippen LogP contribution is 2.27. The van der Waals surface area contributed by atoms with Crippen molar-refractivity contribution in [1.82, 2.24) is 0 Å². The van der Waals surface area contributed by atoms with Crippen LogP contribution in [0, 0.1) is 5.82 Å². The summed E-state index contributed by atoms with van der Waals surface area (Å²) in [6.07, 6.45) is 3.21. The van der Waals surface area contributed by atoms with Crippen molar-refractivity contribution in [2.45, 2.75) is 17.1 Å². The van der Waals surface area contributed by atoms with Gasteiger partial charge in [-0.25, -0.2) is 4.39 Å². The second-order valence-electron chi connectivity index (χ2n) is 6.49. The summed E-state index contributed by atoms with van der Waals surface area (Å²) in [6.45, 7) is 1.74. The number of anilines is 2. The van der Waals surface area contributed by atoms with Gasteiger partial charge in [0.15, 0.2) is 0 Å². The molecule has 3 aromatic rings. The number of halogens is 1. The first kappa shape index (κ1) is 21.3. The van der Waals surface area contributed by atoms with Crippen LogP contribution in [0.3, 0.4) is 0 Å². The molecule has 30 heavy (non-hydrogen) atoms. The predicted octanol–water partition coefficient (Wildman–Crippen LogP) is 5.60. The monoisotopic (exact) mass is 420 g/mol. The van der Waals surface area contributed by atoms with Crippen molar-refractivity contribution in [2.24, 2.45) is 0 Å². The van der Waals surface area contributed by atoms with Crippen LogP contribution in [-0.2, 0) is 9.59 Å². The number of hydrogen-bond acceptors (Lipinski definition) is 3. The predicted molar refractivity (Wildman–Crippen MR) is 121 cm³/mol. The Bertz CT molecular complexity index is 1050. The highest BCUT2D eigenvalue weighted by atomic mass is 32.2. The molecule has 0 radical (unpaired) electrons. The smallest absolute Gasteiger partial charge is 0.248 e. The zero-order valence-electron chi connectivity index (χ0n) is 16.3. The molecule has 0 heterocycles. The van der Waals surface area contributed by atoms with Gasteiger partial charge >= 0.3 is 0 Å². The van der Waals surface area contributed by atoms with Gasteiger partial charge in [0.1, 0.15) is 5.82 Å². The third-order valence-electron chi connectivity index (χ3n) is 4.14. The standard InChI is InChI=1S/C24H21FN2O2S/c1-17(24(29)27-22-13-6-5-12-21(22)25)30-20-11-7-10-19(16-20)26-23(28)15-14-18-8-3-2-4-9-18/h2-17H,1H3,(H,26,28)(H,27,29)/b15-14+. The topological polar surface area (TPSA) is 58.2 Å². The first-order valence-corrected chi connectivity index (χ1v) is 10.3. The van der Waals surface area contributed by atoms with E-state index in [0.29, 0.717) is 5.69 Å². The molecule has 0 aliphatic heterocycles. The van der Waals surface area contributed by atoms with Crippen molar-refractivity contribution >= 4 is 41.0 Å². The van der Waals surface area contributed by atoms with Gasteiger partial charge in [0.2, 0.25) is 11.8 Å². The number of rotatable bonds is 7. The maximum atomic E-state index is 13.7. The van der Waals surface area contributed by atoms with E-state index < -0.39 is 11.1 Å². The second kappa shape index (κ2) is 10.4. The lowest BCUT2D eigenvalue weighted by atomic mass is 10.2. The van der Waals surface area contributed by atoms with Gasteiger partial charge in [0, 0.05) is 16.7 Å². The highest BCUT2D eigenvalue weighted by Gasteiger charge is 2.16. The van der Waals surface area contributed by atoms with Crippen LogP contribution in [0.5, 0.6) is 0 Å². The van der Waals surface area contributed by atoms with Gasteiger partial charge in [0.25, 0.3) is 0 Å². The fourth-order valence-corrected chi connectivity index (χ4v) is 3.55. The molecule has 0 saturated carbocycles. The van der Waals surface area contributed by atoms with Crippen LogP contribution in [0.15, 0.2) is 89.8 Å². The number of para-hydroxylation sites is 1. The Hall–Kier alpha value is -3.38. The van der Waals surface area contributed by atoms with Crippen molar-refractivity contribution in [3.63, 3.8) is 0 Å². The Morgan fingerprint density at radius 1 is 0.933 bits per heavy atom. The lowest BCUT2D eigenvalue weighted by Gasteiger charge is -2.13. The minimum atomic E-state index is -0.476. The number of carbonyl (C=O) groups excluding carboxylic acids is 2. The van der Waals surface area contributed by atoms with Crippen molar-refractivity contribution < 1.29 is 14.0 Å². The van der Waals surface area contributed by atoms with Crippen LogP contribution >= 0.6 is 11.8 Å². The number of nitrogens with one attached hydrogen (secondary N) is 2. The molecule has 152 valence electrons. The first-order chi connectivity index (χ1) is 14.5. The average Bonchev–Trinajstić information content (AvgIpc) is 2.75. The van der Waals surface area contributed by atoms with Crippen molar-refractivity contribution in [2.75, 3.05) is 10.6 Å². The quantitative estimate of drug-likeness (QED) is 0.387.